The van der Waals surface area contributed by atoms with Gasteiger partial charge in [0.2, 0.25) is 0 Å². The van der Waals surface area contributed by atoms with Crippen LogP contribution in [0.15, 0.2) is 24.4 Å². The molecule has 0 aliphatic carbocycles. The van der Waals surface area contributed by atoms with Crippen molar-refractivity contribution in [3.05, 3.63) is 35.7 Å². The second-order valence-corrected chi connectivity index (χ2v) is 4.04. The highest BCUT2D eigenvalue weighted by Gasteiger charge is 2.20. The predicted molar refractivity (Wildman–Crippen MR) is 61.8 cm³/mol. The van der Waals surface area contributed by atoms with Gasteiger partial charge in [-0.3, -0.25) is 9.67 Å². The maximum atomic E-state index is 4.58. The molecule has 0 saturated heterocycles. The van der Waals surface area contributed by atoms with Crippen LogP contribution in [0.25, 0.3) is 11.4 Å². The van der Waals surface area contributed by atoms with Crippen LogP contribution in [0, 0.1) is 0 Å². The first-order valence-corrected chi connectivity index (χ1v) is 5.53. The van der Waals surface area contributed by atoms with E-state index >= 15 is 0 Å². The number of nitrogens with one attached hydrogen (secondary N) is 1. The molecule has 82 valence electrons. The molecule has 0 saturated carbocycles. The van der Waals surface area contributed by atoms with Gasteiger partial charge in [0.15, 0.2) is 0 Å². The highest BCUT2D eigenvalue weighted by Crippen LogP contribution is 2.25. The minimum Gasteiger partial charge on any atom is -0.312 e. The van der Waals surface area contributed by atoms with Crippen molar-refractivity contribution in [2.45, 2.75) is 13.0 Å². The van der Waals surface area contributed by atoms with Gasteiger partial charge in [0.05, 0.1) is 5.69 Å². The second kappa shape index (κ2) is 3.72. The number of rotatable bonds is 1. The van der Waals surface area contributed by atoms with E-state index in [1.54, 1.807) is 0 Å². The van der Waals surface area contributed by atoms with Crippen LogP contribution < -0.4 is 5.32 Å². The number of nitrogens with zero attached hydrogens (tertiary/aromatic N) is 3. The van der Waals surface area contributed by atoms with Crippen molar-refractivity contribution >= 4 is 0 Å². The molecule has 0 unspecified atom stereocenters. The van der Waals surface area contributed by atoms with Crippen molar-refractivity contribution < 1.29 is 0 Å². The van der Waals surface area contributed by atoms with E-state index in [2.05, 4.69) is 15.4 Å². The van der Waals surface area contributed by atoms with Gasteiger partial charge in [-0.1, -0.05) is 6.07 Å². The molecule has 1 N–H and O–H groups in total. The number of fused-ring (bicyclic) bond motifs is 1. The van der Waals surface area contributed by atoms with Crippen molar-refractivity contribution in [1.29, 1.82) is 0 Å². The number of aryl methyl sites for hydroxylation is 1. The lowest BCUT2D eigenvalue weighted by atomic mass is 10.1. The molecule has 1 aliphatic rings. The lowest BCUT2D eigenvalue weighted by Crippen LogP contribution is -2.24. The van der Waals surface area contributed by atoms with Crippen molar-refractivity contribution in [2.24, 2.45) is 7.05 Å². The van der Waals surface area contributed by atoms with Crippen LogP contribution >= 0.6 is 0 Å². The quantitative estimate of drug-likeness (QED) is 0.773. The van der Waals surface area contributed by atoms with E-state index < -0.39 is 0 Å². The molecule has 1 aliphatic heterocycles. The van der Waals surface area contributed by atoms with Gasteiger partial charge in [-0.15, -0.1) is 0 Å². The summed E-state index contributed by atoms with van der Waals surface area (Å²) in [6.45, 7) is 1.93. The Morgan fingerprint density at radius 3 is 3.12 bits per heavy atom. The Bertz CT molecular complexity index is 501. The Morgan fingerprint density at radius 1 is 1.38 bits per heavy atom. The van der Waals surface area contributed by atoms with Crippen LogP contribution in [-0.4, -0.2) is 21.3 Å². The van der Waals surface area contributed by atoms with Crippen LogP contribution in [0.1, 0.15) is 11.3 Å². The van der Waals surface area contributed by atoms with E-state index in [-0.39, 0.29) is 0 Å². The Balaban J connectivity index is 2.15. The van der Waals surface area contributed by atoms with Crippen LogP contribution in [0.5, 0.6) is 0 Å². The van der Waals surface area contributed by atoms with Crippen molar-refractivity contribution in [3.63, 3.8) is 0 Å². The molecule has 4 heteroatoms. The monoisotopic (exact) mass is 214 g/mol. The van der Waals surface area contributed by atoms with Crippen LogP contribution in [-0.2, 0) is 20.0 Å². The zero-order valence-electron chi connectivity index (χ0n) is 9.27. The maximum absolute atomic E-state index is 4.58. The molecular formula is C12H14N4. The summed E-state index contributed by atoms with van der Waals surface area (Å²) < 4.78 is 1.99. The van der Waals surface area contributed by atoms with Gasteiger partial charge in [-0.25, -0.2) is 0 Å². The zero-order valence-corrected chi connectivity index (χ0v) is 9.27. The van der Waals surface area contributed by atoms with E-state index in [9.17, 15) is 0 Å². The Morgan fingerprint density at radius 2 is 2.31 bits per heavy atom. The van der Waals surface area contributed by atoms with E-state index in [4.69, 9.17) is 0 Å². The summed E-state index contributed by atoms with van der Waals surface area (Å²) in [5.41, 5.74) is 4.61. The Labute approximate surface area is 94.3 Å². The normalized spacial score (nSPS) is 14.8. The van der Waals surface area contributed by atoms with Crippen LogP contribution in [0.4, 0.5) is 0 Å². The van der Waals surface area contributed by atoms with Gasteiger partial charge in [0.1, 0.15) is 5.69 Å². The molecular weight excluding hydrogens is 200 g/mol. The molecule has 3 rings (SSSR count). The average molecular weight is 214 g/mol. The first kappa shape index (κ1) is 9.54. The van der Waals surface area contributed by atoms with E-state index in [0.717, 1.165) is 30.9 Å². The number of aromatic nitrogens is 3. The first-order valence-electron chi connectivity index (χ1n) is 5.53. The minimum absolute atomic E-state index is 0.898. The van der Waals surface area contributed by atoms with Gasteiger partial charge in [-0.2, -0.15) is 5.10 Å². The molecule has 2 aromatic rings. The number of hydrogen-bond acceptors (Lipinski definition) is 3. The third kappa shape index (κ3) is 1.42. The molecule has 3 heterocycles. The number of pyridine rings is 1. The lowest BCUT2D eigenvalue weighted by Gasteiger charge is -2.14. The highest BCUT2D eigenvalue weighted by atomic mass is 15.3. The predicted octanol–water partition coefficient (Wildman–Crippen LogP) is 1.13. The molecule has 0 bridgehead atoms. The molecule has 4 nitrogen and oxygen atoms in total. The average Bonchev–Trinajstić information content (AvgIpc) is 2.69. The zero-order chi connectivity index (χ0) is 11.0. The fourth-order valence-electron chi connectivity index (χ4n) is 2.23. The molecule has 0 spiro atoms. The van der Waals surface area contributed by atoms with E-state index in [1.807, 2.05) is 36.1 Å². The van der Waals surface area contributed by atoms with Gasteiger partial charge in [0.25, 0.3) is 0 Å². The second-order valence-electron chi connectivity index (χ2n) is 4.04. The van der Waals surface area contributed by atoms with Gasteiger partial charge in [0, 0.05) is 44.0 Å². The molecule has 0 fully saturated rings. The summed E-state index contributed by atoms with van der Waals surface area (Å²) >= 11 is 0. The first-order chi connectivity index (χ1) is 7.86. The van der Waals surface area contributed by atoms with Gasteiger partial charge < -0.3 is 5.32 Å². The largest absolute Gasteiger partial charge is 0.312 e. The van der Waals surface area contributed by atoms with Crippen molar-refractivity contribution in [2.75, 3.05) is 6.54 Å². The fourth-order valence-corrected chi connectivity index (χ4v) is 2.23. The minimum atomic E-state index is 0.898. The van der Waals surface area contributed by atoms with Crippen molar-refractivity contribution in [1.82, 2.24) is 20.1 Å². The molecule has 2 aromatic heterocycles. The highest BCUT2D eigenvalue weighted by molar-refractivity contribution is 5.60. The van der Waals surface area contributed by atoms with Crippen LogP contribution in [0.3, 0.4) is 0 Å². The van der Waals surface area contributed by atoms with Gasteiger partial charge in [-0.05, 0) is 12.1 Å². The fraction of sp³-hybridized carbons (Fsp3) is 0.333. The summed E-state index contributed by atoms with van der Waals surface area (Å²) in [7, 11) is 2.01. The summed E-state index contributed by atoms with van der Waals surface area (Å²) in [5.74, 6) is 0. The number of hydrogen-bond donors (Lipinski definition) is 1. The SMILES string of the molecule is Cn1nc(-c2ccccn2)c2c1CCNC2. The van der Waals surface area contributed by atoms with E-state index in [1.165, 1.54) is 11.3 Å². The molecule has 0 amide bonds. The Kier molecular flexibility index (Phi) is 2.22. The molecule has 16 heavy (non-hydrogen) atoms. The third-order valence-electron chi connectivity index (χ3n) is 3.02. The smallest absolute Gasteiger partial charge is 0.115 e. The topological polar surface area (TPSA) is 42.7 Å². The molecule has 0 aromatic carbocycles. The molecule has 0 radical (unpaired) electrons. The maximum Gasteiger partial charge on any atom is 0.115 e. The third-order valence-corrected chi connectivity index (χ3v) is 3.02. The molecule has 0 atom stereocenters. The lowest BCUT2D eigenvalue weighted by molar-refractivity contribution is 0.604. The van der Waals surface area contributed by atoms with Crippen LogP contribution in [0.2, 0.25) is 0 Å². The standard InChI is InChI=1S/C12H14N4/c1-16-11-5-7-13-8-9(11)12(15-16)10-4-2-3-6-14-10/h2-4,6,13H,5,7-8H2,1H3. The summed E-state index contributed by atoms with van der Waals surface area (Å²) in [5, 5.41) is 7.96. The Hall–Kier alpha value is -1.68. The van der Waals surface area contributed by atoms with E-state index in [0.29, 0.717) is 0 Å². The van der Waals surface area contributed by atoms with Crippen molar-refractivity contribution in [3.8, 4) is 11.4 Å². The van der Waals surface area contributed by atoms with Gasteiger partial charge >= 0.3 is 0 Å². The summed E-state index contributed by atoms with van der Waals surface area (Å²) in [4.78, 5) is 4.37. The summed E-state index contributed by atoms with van der Waals surface area (Å²) in [6.07, 6.45) is 2.86. The summed E-state index contributed by atoms with van der Waals surface area (Å²) in [6, 6.07) is 5.94.